The van der Waals surface area contributed by atoms with E-state index in [4.69, 9.17) is 14.2 Å². The number of carboxylic acid groups (broad SMARTS) is 2. The number of nitrogens with one attached hydrogen (secondary N) is 2. The van der Waals surface area contributed by atoms with Crippen molar-refractivity contribution in [3.8, 4) is 0 Å². The predicted octanol–water partition coefficient (Wildman–Crippen LogP) is 0.692. The summed E-state index contributed by atoms with van der Waals surface area (Å²) in [6.07, 6.45) is -2.58. The van der Waals surface area contributed by atoms with Crippen molar-refractivity contribution < 1.29 is 61.6 Å². The molecule has 4 heterocycles. The highest BCUT2D eigenvalue weighted by atomic mass is 19.4. The monoisotopic (exact) mass is 570 g/mol. The van der Waals surface area contributed by atoms with Crippen molar-refractivity contribution in [3.63, 3.8) is 0 Å². The van der Waals surface area contributed by atoms with Crippen LogP contribution in [0.2, 0.25) is 0 Å². The Bertz CT molecular complexity index is 1280. The Kier molecular flexibility index (Phi) is 7.64. The van der Waals surface area contributed by atoms with E-state index in [-0.39, 0.29) is 32.4 Å². The fourth-order valence-corrected chi connectivity index (χ4v) is 5.17. The first-order valence-electron chi connectivity index (χ1n) is 12.2. The minimum Gasteiger partial charge on any atom is -0.478 e. The van der Waals surface area contributed by atoms with Gasteiger partial charge in [0.2, 0.25) is 11.8 Å². The fourth-order valence-electron chi connectivity index (χ4n) is 5.17. The maximum absolute atomic E-state index is 13.6. The summed E-state index contributed by atoms with van der Waals surface area (Å²) in [5.74, 6) is -5.33. The van der Waals surface area contributed by atoms with E-state index in [1.54, 1.807) is 0 Å². The number of carbonyl (C=O) groups excluding carboxylic acids is 3. The molecule has 0 aliphatic carbocycles. The first kappa shape index (κ1) is 29.0. The molecule has 0 fully saturated rings. The molecule has 0 aromatic rings. The molecular formula is C25H25F3N2O10. The van der Waals surface area contributed by atoms with Crippen LogP contribution in [0.3, 0.4) is 0 Å². The zero-order valence-corrected chi connectivity index (χ0v) is 21.0. The van der Waals surface area contributed by atoms with Crippen LogP contribution in [0.15, 0.2) is 46.6 Å². The molecule has 216 valence electrons. The second kappa shape index (κ2) is 10.5. The minimum atomic E-state index is -4.86. The van der Waals surface area contributed by atoms with Crippen molar-refractivity contribution in [3.05, 3.63) is 46.6 Å². The summed E-state index contributed by atoms with van der Waals surface area (Å²) in [5, 5.41) is 23.7. The van der Waals surface area contributed by atoms with Gasteiger partial charge in [0.25, 0.3) is 0 Å². The Morgan fingerprint density at radius 2 is 1.43 bits per heavy atom. The van der Waals surface area contributed by atoms with Crippen LogP contribution in [-0.2, 0) is 38.2 Å². The molecule has 0 saturated heterocycles. The van der Waals surface area contributed by atoms with Gasteiger partial charge in [-0.15, -0.1) is 0 Å². The Hall–Kier alpha value is -3.98. The van der Waals surface area contributed by atoms with Crippen LogP contribution in [0.4, 0.5) is 13.2 Å². The Labute approximate surface area is 224 Å². The van der Waals surface area contributed by atoms with E-state index in [2.05, 4.69) is 10.6 Å². The van der Waals surface area contributed by atoms with Crippen molar-refractivity contribution in [2.45, 2.75) is 55.8 Å². The summed E-state index contributed by atoms with van der Waals surface area (Å²) in [6.45, 7) is 0.464. The molecule has 0 radical (unpaired) electrons. The molecule has 2 amide bonds. The van der Waals surface area contributed by atoms with Crippen molar-refractivity contribution in [2.24, 2.45) is 0 Å². The van der Waals surface area contributed by atoms with Crippen LogP contribution in [-0.4, -0.2) is 89.2 Å². The van der Waals surface area contributed by atoms with Gasteiger partial charge in [0.1, 0.15) is 23.4 Å². The molecular weight excluding hydrogens is 545 g/mol. The van der Waals surface area contributed by atoms with Gasteiger partial charge < -0.3 is 35.1 Å². The SMILES string of the molecule is CCOC(=O)C1=C(C(F)(F)F)C2C=CC1(CNC(=O)CCCC(=O)NCC13C=CC(O1)C(C(=O)O)=C3C(=O)O)O2. The minimum absolute atomic E-state index is 0.0205. The third-order valence-electron chi connectivity index (χ3n) is 6.84. The molecule has 0 saturated carbocycles. The van der Waals surface area contributed by atoms with Crippen LogP contribution < -0.4 is 10.6 Å². The largest absolute Gasteiger partial charge is 0.478 e. The number of aliphatic carboxylic acids is 2. The number of esters is 1. The molecule has 0 aromatic heterocycles. The number of carbonyl (C=O) groups is 5. The van der Waals surface area contributed by atoms with E-state index >= 15 is 0 Å². The lowest BCUT2D eigenvalue weighted by molar-refractivity contribution is -0.141. The summed E-state index contributed by atoms with van der Waals surface area (Å²) >= 11 is 0. The van der Waals surface area contributed by atoms with E-state index in [9.17, 15) is 47.4 Å². The molecule has 15 heteroatoms. The fraction of sp³-hybridized carbons (Fsp3) is 0.480. The predicted molar refractivity (Wildman–Crippen MR) is 125 cm³/mol. The zero-order chi connectivity index (χ0) is 29.5. The highest BCUT2D eigenvalue weighted by Crippen LogP contribution is 2.49. The van der Waals surface area contributed by atoms with E-state index in [1.165, 1.54) is 25.2 Å². The van der Waals surface area contributed by atoms with Crippen LogP contribution in [0.5, 0.6) is 0 Å². The molecule has 0 aromatic carbocycles. The van der Waals surface area contributed by atoms with Crippen LogP contribution in [0.25, 0.3) is 0 Å². The highest BCUT2D eigenvalue weighted by Gasteiger charge is 2.59. The summed E-state index contributed by atoms with van der Waals surface area (Å²) < 4.78 is 56.7. The van der Waals surface area contributed by atoms with Gasteiger partial charge in [-0.3, -0.25) is 9.59 Å². The molecule has 4 N–H and O–H groups in total. The number of hydrogen-bond acceptors (Lipinski definition) is 8. The third kappa shape index (κ3) is 5.13. The van der Waals surface area contributed by atoms with Crippen molar-refractivity contribution in [1.29, 1.82) is 0 Å². The lowest BCUT2D eigenvalue weighted by Crippen LogP contribution is -2.45. The van der Waals surface area contributed by atoms with E-state index < -0.39 is 88.1 Å². The maximum atomic E-state index is 13.6. The van der Waals surface area contributed by atoms with Gasteiger partial charge >= 0.3 is 24.1 Å². The van der Waals surface area contributed by atoms with E-state index in [1.807, 2.05) is 0 Å². The van der Waals surface area contributed by atoms with Gasteiger partial charge in [-0.25, -0.2) is 14.4 Å². The normalized spacial score (nSPS) is 27.9. The number of carboxylic acids is 2. The number of hydrogen-bond donors (Lipinski definition) is 4. The Balaban J connectivity index is 1.29. The number of rotatable bonds is 12. The van der Waals surface area contributed by atoms with Gasteiger partial charge in [-0.1, -0.05) is 12.2 Å². The molecule has 4 atom stereocenters. The molecule has 4 rings (SSSR count). The summed E-state index contributed by atoms with van der Waals surface area (Å²) in [4.78, 5) is 60.2. The molecule has 12 nitrogen and oxygen atoms in total. The van der Waals surface area contributed by atoms with Crippen LogP contribution in [0.1, 0.15) is 26.2 Å². The third-order valence-corrected chi connectivity index (χ3v) is 6.84. The molecule has 4 unspecified atom stereocenters. The smallest absolute Gasteiger partial charge is 0.416 e. The Morgan fingerprint density at radius 1 is 0.900 bits per heavy atom. The second-order valence-electron chi connectivity index (χ2n) is 9.39. The highest BCUT2D eigenvalue weighted by molar-refractivity contribution is 6.03. The van der Waals surface area contributed by atoms with Gasteiger partial charge in [0.05, 0.1) is 42.0 Å². The van der Waals surface area contributed by atoms with Crippen molar-refractivity contribution >= 4 is 29.7 Å². The average Bonchev–Trinajstić information content (AvgIpc) is 3.63. The molecule has 40 heavy (non-hydrogen) atoms. The van der Waals surface area contributed by atoms with Gasteiger partial charge in [-0.05, 0) is 25.5 Å². The van der Waals surface area contributed by atoms with Crippen molar-refractivity contribution in [1.82, 2.24) is 10.6 Å². The first-order valence-corrected chi connectivity index (χ1v) is 12.2. The molecule has 0 spiro atoms. The lowest BCUT2D eigenvalue weighted by atomic mass is 9.86. The summed E-state index contributed by atoms with van der Waals surface area (Å²) in [7, 11) is 0. The van der Waals surface area contributed by atoms with E-state index in [0.717, 1.165) is 6.08 Å². The summed E-state index contributed by atoms with van der Waals surface area (Å²) in [5.41, 5.74) is -6.26. The second-order valence-corrected chi connectivity index (χ2v) is 9.39. The Morgan fingerprint density at radius 3 is 1.93 bits per heavy atom. The van der Waals surface area contributed by atoms with Gasteiger partial charge in [0, 0.05) is 12.8 Å². The molecule has 4 aliphatic heterocycles. The van der Waals surface area contributed by atoms with Gasteiger partial charge in [0.15, 0.2) is 0 Å². The first-order chi connectivity index (χ1) is 18.7. The quantitative estimate of drug-likeness (QED) is 0.193. The number of alkyl halides is 3. The standard InChI is InChI=1S/C25H25F3N2O10/c1-2-38-22(37)19-17(25(26,27)28)13-7-9-24(19,40-13)11-30-15(32)5-3-4-14(31)29-10-23-8-6-12(39-23)16(20(33)34)18(23)21(35)36/h6-9,12-13H,2-5,10-11H2,1H3,(H,29,31)(H,30,32)(H,33,34)(H,35,36). The average molecular weight is 570 g/mol. The topological polar surface area (TPSA) is 178 Å². The lowest BCUT2D eigenvalue weighted by Gasteiger charge is -2.26. The van der Waals surface area contributed by atoms with Crippen LogP contribution >= 0.6 is 0 Å². The van der Waals surface area contributed by atoms with Crippen molar-refractivity contribution in [2.75, 3.05) is 19.7 Å². The molecule has 4 aliphatic rings. The number of fused-ring (bicyclic) bond motifs is 4. The molecule has 4 bridgehead atoms. The van der Waals surface area contributed by atoms with Gasteiger partial charge in [-0.2, -0.15) is 13.2 Å². The number of amides is 2. The maximum Gasteiger partial charge on any atom is 0.416 e. The zero-order valence-electron chi connectivity index (χ0n) is 21.0. The summed E-state index contributed by atoms with van der Waals surface area (Å²) in [6, 6.07) is 0. The number of halogens is 3. The number of ether oxygens (including phenoxy) is 3. The van der Waals surface area contributed by atoms with Crippen LogP contribution in [0, 0.1) is 0 Å². The van der Waals surface area contributed by atoms with E-state index in [0.29, 0.717) is 0 Å².